The lowest BCUT2D eigenvalue weighted by molar-refractivity contribution is -0.146. The van der Waals surface area contributed by atoms with Crippen LogP contribution in [0.15, 0.2) is 0 Å². The van der Waals surface area contributed by atoms with Gasteiger partial charge in [-0.1, -0.05) is 51.9 Å². The molecule has 0 aromatic rings. The molecule has 124 valence electrons. The van der Waals surface area contributed by atoms with Crippen molar-refractivity contribution in [3.8, 4) is 0 Å². The van der Waals surface area contributed by atoms with Gasteiger partial charge in [0.25, 0.3) is 0 Å². The molecular formula is C15H30N2O4. The van der Waals surface area contributed by atoms with Crippen LogP contribution in [0, 0.1) is 0 Å². The standard InChI is InChI=1S/C15H30N2O4/c1-2-3-4-5-6-7-8-9-11-16-15(21)17-12-10-13(18)14(19)20/h13,18H,2-12H2,1H3,(H,19,20)(H2,16,17,21). The number of carbonyl (C=O) groups is 2. The van der Waals surface area contributed by atoms with E-state index < -0.39 is 12.1 Å². The predicted octanol–water partition coefficient (Wildman–Crippen LogP) is 2.26. The number of carboxylic acid groups (broad SMARTS) is 1. The monoisotopic (exact) mass is 302 g/mol. The van der Waals surface area contributed by atoms with Gasteiger partial charge in [0.05, 0.1) is 0 Å². The number of aliphatic hydroxyl groups is 1. The quantitative estimate of drug-likeness (QED) is 0.392. The van der Waals surface area contributed by atoms with E-state index in [1.54, 1.807) is 0 Å². The first kappa shape index (κ1) is 19.7. The maximum atomic E-state index is 11.4. The third-order valence-electron chi connectivity index (χ3n) is 3.30. The number of aliphatic hydroxyl groups excluding tert-OH is 1. The summed E-state index contributed by atoms with van der Waals surface area (Å²) in [6, 6.07) is -0.310. The first-order valence-electron chi connectivity index (χ1n) is 8.00. The SMILES string of the molecule is CCCCCCCCCCNC(=O)NCCC(O)C(=O)O. The molecule has 0 saturated heterocycles. The van der Waals surface area contributed by atoms with Crippen molar-refractivity contribution in [1.29, 1.82) is 0 Å². The molecule has 4 N–H and O–H groups in total. The second-order valence-electron chi connectivity index (χ2n) is 5.30. The van der Waals surface area contributed by atoms with Crippen LogP contribution in [0.1, 0.15) is 64.7 Å². The summed E-state index contributed by atoms with van der Waals surface area (Å²) in [5.74, 6) is -1.27. The van der Waals surface area contributed by atoms with E-state index in [1.807, 2.05) is 0 Å². The summed E-state index contributed by atoms with van der Waals surface area (Å²) in [5, 5.41) is 22.7. The Hall–Kier alpha value is -1.30. The number of unbranched alkanes of at least 4 members (excludes halogenated alkanes) is 7. The molecule has 1 atom stereocenters. The lowest BCUT2D eigenvalue weighted by Gasteiger charge is -2.09. The number of hydrogen-bond acceptors (Lipinski definition) is 3. The first-order chi connectivity index (χ1) is 10.1. The van der Waals surface area contributed by atoms with Gasteiger partial charge < -0.3 is 20.8 Å². The van der Waals surface area contributed by atoms with Gasteiger partial charge in [0, 0.05) is 19.5 Å². The van der Waals surface area contributed by atoms with Crippen molar-refractivity contribution >= 4 is 12.0 Å². The summed E-state index contributed by atoms with van der Waals surface area (Å²) < 4.78 is 0. The number of hydrogen-bond donors (Lipinski definition) is 4. The highest BCUT2D eigenvalue weighted by Crippen LogP contribution is 2.07. The number of urea groups is 1. The molecule has 0 saturated carbocycles. The van der Waals surface area contributed by atoms with Gasteiger partial charge in [-0.2, -0.15) is 0 Å². The molecule has 0 radical (unpaired) electrons. The van der Waals surface area contributed by atoms with Gasteiger partial charge in [0.1, 0.15) is 0 Å². The molecule has 21 heavy (non-hydrogen) atoms. The van der Waals surface area contributed by atoms with Crippen LogP contribution < -0.4 is 10.6 Å². The maximum absolute atomic E-state index is 11.4. The van der Waals surface area contributed by atoms with Crippen LogP contribution >= 0.6 is 0 Å². The van der Waals surface area contributed by atoms with E-state index in [0.29, 0.717) is 6.54 Å². The lowest BCUT2D eigenvalue weighted by atomic mass is 10.1. The zero-order valence-corrected chi connectivity index (χ0v) is 13.1. The molecule has 0 aromatic heterocycles. The minimum Gasteiger partial charge on any atom is -0.479 e. The van der Waals surface area contributed by atoms with E-state index >= 15 is 0 Å². The lowest BCUT2D eigenvalue weighted by Crippen LogP contribution is -2.38. The van der Waals surface area contributed by atoms with Crippen LogP contribution in [0.4, 0.5) is 4.79 Å². The van der Waals surface area contributed by atoms with E-state index in [2.05, 4.69) is 17.6 Å². The highest BCUT2D eigenvalue weighted by atomic mass is 16.4. The molecule has 0 aromatic carbocycles. The Bertz CT molecular complexity index is 285. The number of carbonyl (C=O) groups excluding carboxylic acids is 1. The average molecular weight is 302 g/mol. The Morgan fingerprint density at radius 2 is 1.43 bits per heavy atom. The molecule has 0 spiro atoms. The molecule has 0 fully saturated rings. The van der Waals surface area contributed by atoms with Crippen molar-refractivity contribution < 1.29 is 19.8 Å². The Labute approximate surface area is 127 Å². The van der Waals surface area contributed by atoms with Gasteiger partial charge in [-0.3, -0.25) is 0 Å². The van der Waals surface area contributed by atoms with Crippen LogP contribution in [0.25, 0.3) is 0 Å². The Balaban J connectivity index is 3.28. The fraction of sp³-hybridized carbons (Fsp3) is 0.867. The van der Waals surface area contributed by atoms with Gasteiger partial charge in [-0.05, 0) is 6.42 Å². The van der Waals surface area contributed by atoms with Crippen molar-refractivity contribution in [2.45, 2.75) is 70.8 Å². The molecule has 0 aliphatic rings. The van der Waals surface area contributed by atoms with Gasteiger partial charge in [-0.25, -0.2) is 9.59 Å². The van der Waals surface area contributed by atoms with E-state index in [4.69, 9.17) is 10.2 Å². The molecule has 0 aliphatic carbocycles. The van der Waals surface area contributed by atoms with E-state index in [0.717, 1.165) is 12.8 Å². The first-order valence-corrected chi connectivity index (χ1v) is 8.00. The summed E-state index contributed by atoms with van der Waals surface area (Å²) >= 11 is 0. The molecule has 0 aliphatic heterocycles. The third kappa shape index (κ3) is 13.4. The fourth-order valence-corrected chi connectivity index (χ4v) is 1.97. The molecule has 6 heteroatoms. The van der Waals surface area contributed by atoms with Crippen LogP contribution in [0.2, 0.25) is 0 Å². The van der Waals surface area contributed by atoms with Crippen molar-refractivity contribution in [2.75, 3.05) is 13.1 Å². The van der Waals surface area contributed by atoms with Gasteiger partial charge >= 0.3 is 12.0 Å². The molecule has 0 bridgehead atoms. The van der Waals surface area contributed by atoms with Gasteiger partial charge in [-0.15, -0.1) is 0 Å². The summed E-state index contributed by atoms with van der Waals surface area (Å²) in [5.41, 5.74) is 0. The number of nitrogens with one attached hydrogen (secondary N) is 2. The largest absolute Gasteiger partial charge is 0.479 e. The molecular weight excluding hydrogens is 272 g/mol. The zero-order chi connectivity index (χ0) is 15.9. The second kappa shape index (κ2) is 13.7. The smallest absolute Gasteiger partial charge is 0.332 e. The third-order valence-corrected chi connectivity index (χ3v) is 3.30. The summed E-state index contributed by atoms with van der Waals surface area (Å²) in [6.45, 7) is 2.98. The zero-order valence-electron chi connectivity index (χ0n) is 13.1. The minimum absolute atomic E-state index is 0.0144. The van der Waals surface area contributed by atoms with Crippen LogP contribution in [-0.2, 0) is 4.79 Å². The second-order valence-corrected chi connectivity index (χ2v) is 5.30. The topological polar surface area (TPSA) is 98.7 Å². The van der Waals surface area contributed by atoms with Crippen molar-refractivity contribution in [3.63, 3.8) is 0 Å². The van der Waals surface area contributed by atoms with E-state index in [1.165, 1.54) is 38.5 Å². The Morgan fingerprint density at radius 3 is 2.00 bits per heavy atom. The minimum atomic E-state index is -1.42. The Kier molecular flexibility index (Phi) is 12.8. The van der Waals surface area contributed by atoms with E-state index in [9.17, 15) is 9.59 Å². The summed E-state index contributed by atoms with van der Waals surface area (Å²) in [6.07, 6.45) is 8.34. The van der Waals surface area contributed by atoms with Crippen molar-refractivity contribution in [1.82, 2.24) is 10.6 Å². The fourth-order valence-electron chi connectivity index (χ4n) is 1.97. The predicted molar refractivity (Wildman–Crippen MR) is 82.3 cm³/mol. The molecule has 0 rings (SSSR count). The number of amides is 2. The number of rotatable bonds is 13. The maximum Gasteiger partial charge on any atom is 0.332 e. The molecule has 6 nitrogen and oxygen atoms in total. The number of aliphatic carboxylic acids is 1. The normalized spacial score (nSPS) is 11.9. The van der Waals surface area contributed by atoms with Crippen LogP contribution in [-0.4, -0.2) is 41.4 Å². The molecule has 1 unspecified atom stereocenters. The average Bonchev–Trinajstić information content (AvgIpc) is 2.45. The van der Waals surface area contributed by atoms with Crippen molar-refractivity contribution in [2.24, 2.45) is 0 Å². The van der Waals surface area contributed by atoms with Gasteiger partial charge in [0.15, 0.2) is 6.10 Å². The summed E-state index contributed by atoms with van der Waals surface area (Å²) in [7, 11) is 0. The number of carboxylic acids is 1. The molecule has 0 heterocycles. The highest BCUT2D eigenvalue weighted by molar-refractivity contribution is 5.74. The van der Waals surface area contributed by atoms with E-state index in [-0.39, 0.29) is 19.0 Å². The van der Waals surface area contributed by atoms with Crippen LogP contribution in [0.3, 0.4) is 0 Å². The van der Waals surface area contributed by atoms with Gasteiger partial charge in [0.2, 0.25) is 0 Å². The van der Waals surface area contributed by atoms with Crippen molar-refractivity contribution in [3.05, 3.63) is 0 Å². The Morgan fingerprint density at radius 1 is 0.905 bits per heavy atom. The summed E-state index contributed by atoms with van der Waals surface area (Å²) in [4.78, 5) is 21.7. The molecule has 2 amide bonds. The highest BCUT2D eigenvalue weighted by Gasteiger charge is 2.12. The van der Waals surface area contributed by atoms with Crippen LogP contribution in [0.5, 0.6) is 0 Å².